The fourth-order valence-corrected chi connectivity index (χ4v) is 2.21. The van der Waals surface area contributed by atoms with E-state index in [1.54, 1.807) is 0 Å². The number of anilines is 1. The summed E-state index contributed by atoms with van der Waals surface area (Å²) in [5, 5.41) is 3.08. The molecule has 0 unspecified atom stereocenters. The Morgan fingerprint density at radius 1 is 1.26 bits per heavy atom. The van der Waals surface area contributed by atoms with Crippen LogP contribution in [0.15, 0.2) is 4.79 Å². The summed E-state index contributed by atoms with van der Waals surface area (Å²) in [7, 11) is 0. The van der Waals surface area contributed by atoms with Crippen molar-refractivity contribution in [3.05, 3.63) is 20.3 Å². The third-order valence-electron chi connectivity index (χ3n) is 3.24. The highest BCUT2D eigenvalue weighted by atomic mass is 32.1. The van der Waals surface area contributed by atoms with Gasteiger partial charge in [-0.1, -0.05) is 26.1 Å². The first kappa shape index (κ1) is 16.3. The minimum Gasteiger partial charge on any atom is -0.379 e. The Morgan fingerprint density at radius 3 is 2.58 bits per heavy atom. The van der Waals surface area contributed by atoms with Gasteiger partial charge in [-0.25, -0.2) is 0 Å². The van der Waals surface area contributed by atoms with Crippen LogP contribution in [0, 0.1) is 11.4 Å². The third-order valence-corrected chi connectivity index (χ3v) is 3.73. The molecule has 1 aromatic carbocycles. The summed E-state index contributed by atoms with van der Waals surface area (Å²) in [6.45, 7) is 11.4. The molecule has 0 saturated carbocycles. The van der Waals surface area contributed by atoms with Gasteiger partial charge in [0.05, 0.1) is 23.4 Å². The molecule has 0 aromatic heterocycles. The maximum atomic E-state index is 11.4. The minimum atomic E-state index is -0.0346. The summed E-state index contributed by atoms with van der Waals surface area (Å²) in [6.07, 6.45) is 1.17. The van der Waals surface area contributed by atoms with E-state index < -0.39 is 0 Å². The first-order chi connectivity index (χ1) is 9.11. The molecule has 1 N–H and O–H groups in total. The van der Waals surface area contributed by atoms with Gasteiger partial charge in [0.2, 0.25) is 5.43 Å². The van der Waals surface area contributed by atoms with Gasteiger partial charge in [0.25, 0.3) is 0 Å². The van der Waals surface area contributed by atoms with Crippen molar-refractivity contribution < 1.29 is 4.74 Å². The van der Waals surface area contributed by atoms with Crippen LogP contribution in [0.5, 0.6) is 0 Å². The summed E-state index contributed by atoms with van der Waals surface area (Å²) in [6, 6.07) is 0. The molecule has 4 nitrogen and oxygen atoms in total. The molecule has 0 aliphatic heterocycles. The lowest BCUT2D eigenvalue weighted by Crippen LogP contribution is -2.29. The van der Waals surface area contributed by atoms with E-state index in [0.29, 0.717) is 23.3 Å². The van der Waals surface area contributed by atoms with E-state index >= 15 is 0 Å². The van der Waals surface area contributed by atoms with Crippen molar-refractivity contribution in [2.75, 3.05) is 44.7 Å². The zero-order valence-electron chi connectivity index (χ0n) is 12.1. The SMILES string of the molecule is CCCN(CC)CCOCCNc1c(C)c(=S)c1=O. The number of hydrogen-bond acceptors (Lipinski definition) is 5. The fourth-order valence-electron chi connectivity index (χ4n) is 2.01. The van der Waals surface area contributed by atoms with E-state index in [9.17, 15) is 4.79 Å². The molecule has 0 heterocycles. The average Bonchev–Trinajstić information content (AvgIpc) is 2.44. The second kappa shape index (κ2) is 8.40. The predicted molar refractivity (Wildman–Crippen MR) is 82.4 cm³/mol. The van der Waals surface area contributed by atoms with E-state index in [1.807, 2.05) is 6.92 Å². The largest absolute Gasteiger partial charge is 0.379 e. The lowest BCUT2D eigenvalue weighted by Gasteiger charge is -2.19. The Hall–Kier alpha value is -0.780. The average molecular weight is 284 g/mol. The van der Waals surface area contributed by atoms with E-state index in [4.69, 9.17) is 17.0 Å². The van der Waals surface area contributed by atoms with Gasteiger partial charge in [-0.15, -0.1) is 0 Å². The summed E-state index contributed by atoms with van der Waals surface area (Å²) in [5.74, 6) is 0. The molecular formula is C14H24N2O2S. The second-order valence-corrected chi connectivity index (χ2v) is 5.04. The molecule has 5 heteroatoms. The topological polar surface area (TPSA) is 41.6 Å². The molecule has 0 radical (unpaired) electrons. The molecule has 1 rings (SSSR count). The van der Waals surface area contributed by atoms with Crippen LogP contribution >= 0.6 is 12.2 Å². The van der Waals surface area contributed by atoms with Crippen molar-refractivity contribution in [1.82, 2.24) is 4.90 Å². The standard InChI is InChI=1S/C14H24N2O2S/c1-4-7-16(5-2)8-10-18-9-6-15-12-11(3)14(19)13(12)17/h15H,4-10H2,1-3H3. The van der Waals surface area contributed by atoms with E-state index in [-0.39, 0.29) is 5.43 Å². The minimum absolute atomic E-state index is 0.0346. The van der Waals surface area contributed by atoms with Crippen LogP contribution in [-0.2, 0) is 4.74 Å². The summed E-state index contributed by atoms with van der Waals surface area (Å²) in [5.41, 5.74) is 1.53. The predicted octanol–water partition coefficient (Wildman–Crippen LogP) is 2.12. The molecule has 0 amide bonds. The number of likely N-dealkylation sites (N-methyl/N-ethyl adjacent to an activating group) is 1. The summed E-state index contributed by atoms with van der Waals surface area (Å²) in [4.78, 5) is 13.8. The molecule has 19 heavy (non-hydrogen) atoms. The number of nitrogens with zero attached hydrogens (tertiary/aromatic N) is 1. The molecular weight excluding hydrogens is 260 g/mol. The van der Waals surface area contributed by atoms with Gasteiger partial charge in [-0.05, 0) is 32.0 Å². The Kier molecular flexibility index (Phi) is 7.20. The molecule has 0 aliphatic rings. The van der Waals surface area contributed by atoms with Gasteiger partial charge in [0.15, 0.2) is 0 Å². The molecule has 0 fully saturated rings. The van der Waals surface area contributed by atoms with E-state index in [0.717, 1.165) is 31.8 Å². The highest BCUT2D eigenvalue weighted by molar-refractivity contribution is 7.71. The first-order valence-electron chi connectivity index (χ1n) is 6.95. The smallest absolute Gasteiger partial charge is 0.220 e. The van der Waals surface area contributed by atoms with Crippen molar-refractivity contribution in [3.8, 4) is 0 Å². The fraction of sp³-hybridized carbons (Fsp3) is 0.714. The first-order valence-corrected chi connectivity index (χ1v) is 7.36. The monoisotopic (exact) mass is 284 g/mol. The van der Waals surface area contributed by atoms with E-state index in [1.165, 1.54) is 6.42 Å². The van der Waals surface area contributed by atoms with Gasteiger partial charge in [0, 0.05) is 13.1 Å². The van der Waals surface area contributed by atoms with Crippen LogP contribution in [0.2, 0.25) is 0 Å². The van der Waals surface area contributed by atoms with Gasteiger partial charge in [-0.2, -0.15) is 0 Å². The van der Waals surface area contributed by atoms with Crippen molar-refractivity contribution in [2.24, 2.45) is 0 Å². The maximum Gasteiger partial charge on any atom is 0.220 e. The van der Waals surface area contributed by atoms with Gasteiger partial charge in [0.1, 0.15) is 0 Å². The number of hydrogen-bond donors (Lipinski definition) is 1. The Morgan fingerprint density at radius 2 is 2.00 bits per heavy atom. The van der Waals surface area contributed by atoms with Gasteiger partial charge in [-0.3, -0.25) is 4.79 Å². The lowest BCUT2D eigenvalue weighted by atomic mass is 10.1. The molecule has 0 spiro atoms. The lowest BCUT2D eigenvalue weighted by molar-refractivity contribution is 0.113. The van der Waals surface area contributed by atoms with Crippen LogP contribution in [0.1, 0.15) is 25.8 Å². The van der Waals surface area contributed by atoms with Gasteiger partial charge < -0.3 is 15.0 Å². The number of rotatable bonds is 10. The van der Waals surface area contributed by atoms with Crippen LogP contribution in [0.25, 0.3) is 0 Å². The highest BCUT2D eigenvalue weighted by Crippen LogP contribution is 2.13. The molecule has 0 saturated heterocycles. The second-order valence-electron chi connectivity index (χ2n) is 4.63. The quantitative estimate of drug-likeness (QED) is 0.526. The molecule has 108 valence electrons. The normalized spacial score (nSPS) is 11.4. The van der Waals surface area contributed by atoms with Crippen LogP contribution < -0.4 is 10.7 Å². The van der Waals surface area contributed by atoms with Crippen molar-refractivity contribution in [2.45, 2.75) is 27.2 Å². The summed E-state index contributed by atoms with van der Waals surface area (Å²) >= 11 is 4.91. The number of nitrogens with one attached hydrogen (secondary N) is 1. The highest BCUT2D eigenvalue weighted by Gasteiger charge is 2.12. The maximum absolute atomic E-state index is 11.4. The zero-order chi connectivity index (χ0) is 14.3. The van der Waals surface area contributed by atoms with Crippen molar-refractivity contribution in [3.63, 3.8) is 0 Å². The summed E-state index contributed by atoms with van der Waals surface area (Å²) < 4.78 is 6.02. The number of ether oxygens (including phenoxy) is 1. The molecule has 1 aromatic rings. The van der Waals surface area contributed by atoms with Crippen LogP contribution in [0.3, 0.4) is 0 Å². The third kappa shape index (κ3) is 4.67. The van der Waals surface area contributed by atoms with Gasteiger partial charge >= 0.3 is 0 Å². The van der Waals surface area contributed by atoms with Crippen molar-refractivity contribution in [1.29, 1.82) is 0 Å². The van der Waals surface area contributed by atoms with Crippen LogP contribution in [-0.4, -0.2) is 44.3 Å². The van der Waals surface area contributed by atoms with Crippen LogP contribution in [0.4, 0.5) is 5.69 Å². The Bertz CT molecular complexity index is 452. The van der Waals surface area contributed by atoms with Crippen molar-refractivity contribution >= 4 is 17.9 Å². The molecule has 0 aliphatic carbocycles. The van der Waals surface area contributed by atoms with E-state index in [2.05, 4.69) is 24.1 Å². The molecule has 0 bridgehead atoms. The zero-order valence-corrected chi connectivity index (χ0v) is 12.9. The Balaban J connectivity index is 2.09. The Labute approximate surface area is 120 Å². The molecule has 0 atom stereocenters.